The fraction of sp³-hybridized carbons (Fsp3) is 0. The minimum Gasteiger partial charge on any atom is -0.457 e. The van der Waals surface area contributed by atoms with Gasteiger partial charge in [-0.15, -0.1) is 0 Å². The van der Waals surface area contributed by atoms with Crippen LogP contribution >= 0.6 is 0 Å². The lowest BCUT2D eigenvalue weighted by molar-refractivity contribution is -0.384. The monoisotopic (exact) mass is 265 g/mol. The second-order valence-corrected chi connectivity index (χ2v) is 3.83. The van der Waals surface area contributed by atoms with E-state index in [0.29, 0.717) is 0 Å². The van der Waals surface area contributed by atoms with E-state index in [1.807, 2.05) is 12.1 Å². The van der Waals surface area contributed by atoms with E-state index in [-0.39, 0.29) is 28.3 Å². The molecule has 0 saturated carbocycles. The third-order valence-electron chi connectivity index (χ3n) is 2.43. The maximum Gasteiger partial charge on any atom is 0.273 e. The van der Waals surface area contributed by atoms with Crippen LogP contribution in [0.25, 0.3) is 0 Å². The van der Waals surface area contributed by atoms with E-state index in [2.05, 4.69) is 0 Å². The van der Waals surface area contributed by atoms with Gasteiger partial charge in [0.15, 0.2) is 0 Å². The van der Waals surface area contributed by atoms with Crippen LogP contribution in [0, 0.1) is 32.8 Å². The second kappa shape index (κ2) is 5.51. The number of nitro groups is 1. The summed E-state index contributed by atoms with van der Waals surface area (Å²) < 4.78 is 5.45. The number of ether oxygens (including phenoxy) is 1. The molecule has 0 atom stereocenters. The number of hydrogen-bond acceptors (Lipinski definition) is 5. The van der Waals surface area contributed by atoms with E-state index in [1.54, 1.807) is 6.07 Å². The largest absolute Gasteiger partial charge is 0.457 e. The van der Waals surface area contributed by atoms with E-state index in [0.717, 1.165) is 0 Å². The molecule has 0 fully saturated rings. The summed E-state index contributed by atoms with van der Waals surface area (Å²) in [6, 6.07) is 13.8. The minimum atomic E-state index is -0.529. The number of nitriles is 2. The maximum absolute atomic E-state index is 10.7. The van der Waals surface area contributed by atoms with E-state index < -0.39 is 4.92 Å². The zero-order chi connectivity index (χ0) is 14.5. The molecule has 20 heavy (non-hydrogen) atoms. The first-order chi connectivity index (χ1) is 9.62. The predicted octanol–water partition coefficient (Wildman–Crippen LogP) is 3.13. The summed E-state index contributed by atoms with van der Waals surface area (Å²) in [7, 11) is 0. The Hall–Kier alpha value is -3.38. The van der Waals surface area contributed by atoms with Gasteiger partial charge in [0.25, 0.3) is 5.69 Å². The Balaban J connectivity index is 2.35. The average molecular weight is 265 g/mol. The fourth-order valence-corrected chi connectivity index (χ4v) is 1.58. The highest BCUT2D eigenvalue weighted by Crippen LogP contribution is 2.26. The first-order valence-corrected chi connectivity index (χ1v) is 5.50. The average Bonchev–Trinajstić information content (AvgIpc) is 2.47. The third-order valence-corrected chi connectivity index (χ3v) is 2.43. The third kappa shape index (κ3) is 2.89. The second-order valence-electron chi connectivity index (χ2n) is 3.83. The minimum absolute atomic E-state index is 0.0977. The summed E-state index contributed by atoms with van der Waals surface area (Å²) >= 11 is 0. The molecule has 0 aromatic heterocycles. The number of non-ortho nitro benzene ring substituents is 1. The molecule has 0 aliphatic heterocycles. The highest BCUT2D eigenvalue weighted by atomic mass is 16.6. The quantitative estimate of drug-likeness (QED) is 0.626. The zero-order valence-corrected chi connectivity index (χ0v) is 10.1. The number of nitro benzene ring substituents is 1. The van der Waals surface area contributed by atoms with Crippen LogP contribution in [0.5, 0.6) is 11.5 Å². The molecule has 0 spiro atoms. The topological polar surface area (TPSA) is 100.0 Å². The number of rotatable bonds is 3. The van der Waals surface area contributed by atoms with Gasteiger partial charge in [-0.25, -0.2) is 0 Å². The van der Waals surface area contributed by atoms with Crippen molar-refractivity contribution in [1.29, 1.82) is 10.5 Å². The van der Waals surface area contributed by atoms with Gasteiger partial charge in [-0.2, -0.15) is 10.5 Å². The van der Waals surface area contributed by atoms with Crippen molar-refractivity contribution in [2.45, 2.75) is 0 Å². The number of hydrogen-bond donors (Lipinski definition) is 0. The highest BCUT2D eigenvalue weighted by molar-refractivity contribution is 5.47. The van der Waals surface area contributed by atoms with Gasteiger partial charge in [0, 0.05) is 6.07 Å². The van der Waals surface area contributed by atoms with Crippen molar-refractivity contribution in [1.82, 2.24) is 0 Å². The number of nitrogens with zero attached hydrogens (tertiary/aromatic N) is 3. The van der Waals surface area contributed by atoms with E-state index in [4.69, 9.17) is 15.3 Å². The summed E-state index contributed by atoms with van der Waals surface area (Å²) in [5.41, 5.74) is 0.466. The van der Waals surface area contributed by atoms with Crippen molar-refractivity contribution >= 4 is 5.69 Å². The molecule has 6 heteroatoms. The van der Waals surface area contributed by atoms with Gasteiger partial charge in [-0.3, -0.25) is 10.1 Å². The molecule has 96 valence electrons. The van der Waals surface area contributed by atoms with Gasteiger partial charge < -0.3 is 4.74 Å². The predicted molar refractivity (Wildman–Crippen MR) is 69.0 cm³/mol. The maximum atomic E-state index is 10.7. The molecular weight excluding hydrogens is 258 g/mol. The smallest absolute Gasteiger partial charge is 0.273 e. The van der Waals surface area contributed by atoms with Gasteiger partial charge in [0.2, 0.25) is 0 Å². The molecule has 2 aromatic carbocycles. The van der Waals surface area contributed by atoms with Crippen LogP contribution in [-0.4, -0.2) is 4.92 Å². The van der Waals surface area contributed by atoms with E-state index in [1.165, 1.54) is 36.4 Å². The molecule has 0 aliphatic carbocycles. The van der Waals surface area contributed by atoms with Crippen molar-refractivity contribution < 1.29 is 9.66 Å². The first-order valence-electron chi connectivity index (χ1n) is 5.50. The van der Waals surface area contributed by atoms with Gasteiger partial charge in [0.1, 0.15) is 11.5 Å². The van der Waals surface area contributed by atoms with Crippen LogP contribution in [0.4, 0.5) is 5.69 Å². The van der Waals surface area contributed by atoms with Crippen LogP contribution in [0.2, 0.25) is 0 Å². The van der Waals surface area contributed by atoms with E-state index >= 15 is 0 Å². The zero-order valence-electron chi connectivity index (χ0n) is 10.1. The lowest BCUT2D eigenvalue weighted by Crippen LogP contribution is -1.90. The number of benzene rings is 2. The SMILES string of the molecule is N#Cc1cc(C#N)cc(Oc2cccc([N+](=O)[O-])c2)c1. The van der Waals surface area contributed by atoms with Crippen LogP contribution < -0.4 is 4.74 Å². The Morgan fingerprint density at radius 3 is 2.20 bits per heavy atom. The van der Waals surface area contributed by atoms with Crippen LogP contribution in [0.3, 0.4) is 0 Å². The van der Waals surface area contributed by atoms with Gasteiger partial charge in [0.05, 0.1) is 34.3 Å². The van der Waals surface area contributed by atoms with Crippen LogP contribution in [0.1, 0.15) is 11.1 Å². The van der Waals surface area contributed by atoms with Crippen molar-refractivity contribution in [2.75, 3.05) is 0 Å². The molecule has 2 rings (SSSR count). The lowest BCUT2D eigenvalue weighted by Gasteiger charge is -2.06. The highest BCUT2D eigenvalue weighted by Gasteiger charge is 2.08. The standard InChI is InChI=1S/C14H7N3O3/c15-8-10-4-11(9-16)6-14(5-10)20-13-3-1-2-12(7-13)17(18)19/h1-7H. The van der Waals surface area contributed by atoms with Crippen molar-refractivity contribution in [3.05, 3.63) is 63.7 Å². The van der Waals surface area contributed by atoms with Gasteiger partial charge >= 0.3 is 0 Å². The summed E-state index contributed by atoms with van der Waals surface area (Å²) in [5, 5.41) is 28.4. The van der Waals surface area contributed by atoms with Gasteiger partial charge in [-0.1, -0.05) is 6.07 Å². The molecule has 0 radical (unpaired) electrons. The van der Waals surface area contributed by atoms with Crippen LogP contribution in [-0.2, 0) is 0 Å². The Bertz CT molecular complexity index is 725. The Morgan fingerprint density at radius 2 is 1.65 bits per heavy atom. The molecule has 0 heterocycles. The van der Waals surface area contributed by atoms with Crippen molar-refractivity contribution in [2.24, 2.45) is 0 Å². The molecule has 0 aliphatic rings. The summed E-state index contributed by atoms with van der Waals surface area (Å²) in [6.07, 6.45) is 0. The van der Waals surface area contributed by atoms with E-state index in [9.17, 15) is 10.1 Å². The molecule has 2 aromatic rings. The summed E-state index contributed by atoms with van der Waals surface area (Å²) in [4.78, 5) is 10.1. The normalized spacial score (nSPS) is 9.30. The van der Waals surface area contributed by atoms with Gasteiger partial charge in [-0.05, 0) is 24.3 Å². The molecule has 0 N–H and O–H groups in total. The summed E-state index contributed by atoms with van der Waals surface area (Å²) in [6.45, 7) is 0. The lowest BCUT2D eigenvalue weighted by atomic mass is 10.1. The first kappa shape index (κ1) is 13.1. The van der Waals surface area contributed by atoms with Crippen molar-refractivity contribution in [3.8, 4) is 23.6 Å². The molecule has 6 nitrogen and oxygen atoms in total. The Morgan fingerprint density at radius 1 is 1.00 bits per heavy atom. The molecule has 0 unspecified atom stereocenters. The molecule has 0 bridgehead atoms. The Labute approximate surface area is 114 Å². The molecule has 0 amide bonds. The molecular formula is C14H7N3O3. The van der Waals surface area contributed by atoms with Crippen LogP contribution in [0.15, 0.2) is 42.5 Å². The Kier molecular flexibility index (Phi) is 3.60. The fourth-order valence-electron chi connectivity index (χ4n) is 1.58. The molecule has 0 saturated heterocycles. The summed E-state index contributed by atoms with van der Waals surface area (Å²) in [5.74, 6) is 0.541. The van der Waals surface area contributed by atoms with Crippen molar-refractivity contribution in [3.63, 3.8) is 0 Å².